The van der Waals surface area contributed by atoms with Crippen molar-refractivity contribution < 1.29 is 14.3 Å². The van der Waals surface area contributed by atoms with Crippen LogP contribution in [0.25, 0.3) is 0 Å². The third-order valence-electron chi connectivity index (χ3n) is 4.41. The van der Waals surface area contributed by atoms with Crippen molar-refractivity contribution in [3.05, 3.63) is 34.9 Å². The van der Waals surface area contributed by atoms with Gasteiger partial charge in [-0.1, -0.05) is 12.1 Å². The predicted octanol–water partition coefficient (Wildman–Crippen LogP) is 2.87. The number of amides is 2. The molecule has 0 saturated heterocycles. The van der Waals surface area contributed by atoms with Gasteiger partial charge in [-0.25, -0.2) is 4.79 Å². The molecule has 0 spiro atoms. The maximum atomic E-state index is 12.7. The molecule has 1 aliphatic rings. The van der Waals surface area contributed by atoms with E-state index in [1.165, 1.54) is 4.90 Å². The Labute approximate surface area is 149 Å². The second-order valence-electron chi connectivity index (χ2n) is 7.42. The number of rotatable bonds is 3. The standard InChI is InChI=1S/C19H25N3O3/c1-19(2,3)22(18(24)25-12-17(23)21(4)5)16-10-9-14-13(11-20)7-6-8-15(14)16/h6-8,16H,9-10,12H2,1-5H3. The average molecular weight is 343 g/mol. The summed E-state index contributed by atoms with van der Waals surface area (Å²) in [5.74, 6) is -0.263. The number of likely N-dealkylation sites (N-methyl/N-ethyl adjacent to an activating group) is 1. The highest BCUT2D eigenvalue weighted by Gasteiger charge is 2.39. The molecule has 0 N–H and O–H groups in total. The van der Waals surface area contributed by atoms with Gasteiger partial charge in [0, 0.05) is 19.6 Å². The minimum absolute atomic E-state index is 0.162. The molecule has 0 fully saturated rings. The molecule has 1 unspecified atom stereocenters. The number of ether oxygens (including phenoxy) is 1. The van der Waals surface area contributed by atoms with E-state index in [0.717, 1.165) is 24.0 Å². The lowest BCUT2D eigenvalue weighted by Crippen LogP contribution is -2.48. The van der Waals surface area contributed by atoms with E-state index in [4.69, 9.17) is 4.74 Å². The van der Waals surface area contributed by atoms with E-state index in [-0.39, 0.29) is 18.6 Å². The first kappa shape index (κ1) is 18.8. The van der Waals surface area contributed by atoms with Crippen LogP contribution in [0.15, 0.2) is 18.2 Å². The van der Waals surface area contributed by atoms with Gasteiger partial charge in [0.1, 0.15) is 0 Å². The molecule has 2 amide bonds. The summed E-state index contributed by atoms with van der Waals surface area (Å²) in [5, 5.41) is 9.30. The lowest BCUT2D eigenvalue weighted by Gasteiger charge is -2.39. The van der Waals surface area contributed by atoms with Crippen LogP contribution in [0.2, 0.25) is 0 Å². The van der Waals surface area contributed by atoms with Crippen molar-refractivity contribution >= 4 is 12.0 Å². The van der Waals surface area contributed by atoms with Crippen LogP contribution < -0.4 is 0 Å². The van der Waals surface area contributed by atoms with Gasteiger partial charge in [0.15, 0.2) is 6.61 Å². The molecule has 6 nitrogen and oxygen atoms in total. The fourth-order valence-corrected chi connectivity index (χ4v) is 3.20. The van der Waals surface area contributed by atoms with Crippen LogP contribution in [0.3, 0.4) is 0 Å². The molecule has 134 valence electrons. The summed E-state index contributed by atoms with van der Waals surface area (Å²) in [6.07, 6.45) is 0.977. The molecular weight excluding hydrogens is 318 g/mol. The van der Waals surface area contributed by atoms with E-state index >= 15 is 0 Å². The van der Waals surface area contributed by atoms with Gasteiger partial charge in [0.2, 0.25) is 0 Å². The highest BCUT2D eigenvalue weighted by atomic mass is 16.6. The van der Waals surface area contributed by atoms with E-state index < -0.39 is 11.6 Å². The lowest BCUT2D eigenvalue weighted by molar-refractivity contribution is -0.132. The second-order valence-corrected chi connectivity index (χ2v) is 7.42. The molecule has 6 heteroatoms. The Kier molecular flexibility index (Phi) is 5.36. The first-order valence-electron chi connectivity index (χ1n) is 8.35. The van der Waals surface area contributed by atoms with Crippen molar-refractivity contribution in [2.75, 3.05) is 20.7 Å². The van der Waals surface area contributed by atoms with E-state index in [1.54, 1.807) is 25.1 Å². The average Bonchev–Trinajstić information content (AvgIpc) is 2.95. The van der Waals surface area contributed by atoms with Crippen molar-refractivity contribution in [2.45, 2.75) is 45.2 Å². The maximum Gasteiger partial charge on any atom is 0.411 e. The number of carbonyl (C=O) groups is 2. The Morgan fingerprint density at radius 3 is 2.56 bits per heavy atom. The molecule has 0 saturated carbocycles. The molecule has 0 radical (unpaired) electrons. The van der Waals surface area contributed by atoms with Crippen LogP contribution in [0.1, 0.15) is 49.9 Å². The molecule has 0 bridgehead atoms. The second kappa shape index (κ2) is 7.14. The minimum atomic E-state index is -0.511. The number of hydrogen-bond acceptors (Lipinski definition) is 4. The SMILES string of the molecule is CN(C)C(=O)COC(=O)N(C1CCc2c(C#N)cccc21)C(C)(C)C. The lowest BCUT2D eigenvalue weighted by atomic mass is 9.98. The van der Waals surface area contributed by atoms with Gasteiger partial charge in [-0.05, 0) is 50.8 Å². The Morgan fingerprint density at radius 2 is 2.00 bits per heavy atom. The smallest absolute Gasteiger partial charge is 0.411 e. The Balaban J connectivity index is 2.28. The number of carbonyl (C=O) groups excluding carboxylic acids is 2. The largest absolute Gasteiger partial charge is 0.439 e. The van der Waals surface area contributed by atoms with Gasteiger partial charge in [-0.3, -0.25) is 9.69 Å². The minimum Gasteiger partial charge on any atom is -0.439 e. The molecule has 0 aliphatic heterocycles. The summed E-state index contributed by atoms with van der Waals surface area (Å²) in [6, 6.07) is 7.67. The van der Waals surface area contributed by atoms with E-state index in [0.29, 0.717) is 5.56 Å². The third-order valence-corrected chi connectivity index (χ3v) is 4.41. The van der Waals surface area contributed by atoms with E-state index in [2.05, 4.69) is 6.07 Å². The summed E-state index contributed by atoms with van der Waals surface area (Å²) in [7, 11) is 3.24. The van der Waals surface area contributed by atoms with Gasteiger partial charge >= 0.3 is 6.09 Å². The van der Waals surface area contributed by atoms with Gasteiger partial charge in [-0.2, -0.15) is 5.26 Å². The number of nitriles is 1. The van der Waals surface area contributed by atoms with Crippen LogP contribution in [-0.4, -0.2) is 48.0 Å². The maximum absolute atomic E-state index is 12.7. The predicted molar refractivity (Wildman–Crippen MR) is 93.9 cm³/mol. The summed E-state index contributed by atoms with van der Waals surface area (Å²) in [6.45, 7) is 5.53. The van der Waals surface area contributed by atoms with E-state index in [9.17, 15) is 14.9 Å². The zero-order chi connectivity index (χ0) is 18.8. The summed E-state index contributed by atoms with van der Waals surface area (Å²) in [4.78, 5) is 27.5. The summed E-state index contributed by atoms with van der Waals surface area (Å²) in [5.41, 5.74) is 2.17. The molecule has 2 rings (SSSR count). The summed E-state index contributed by atoms with van der Waals surface area (Å²) >= 11 is 0. The molecule has 1 aromatic carbocycles. The Hall–Kier alpha value is -2.55. The quantitative estimate of drug-likeness (QED) is 0.846. The van der Waals surface area contributed by atoms with Gasteiger partial charge < -0.3 is 9.64 Å². The first-order valence-corrected chi connectivity index (χ1v) is 8.35. The number of fused-ring (bicyclic) bond motifs is 1. The van der Waals surface area contributed by atoms with Crippen LogP contribution in [-0.2, 0) is 16.0 Å². The van der Waals surface area contributed by atoms with E-state index in [1.807, 2.05) is 32.9 Å². The van der Waals surface area contributed by atoms with Crippen LogP contribution in [0.5, 0.6) is 0 Å². The van der Waals surface area contributed by atoms with Crippen molar-refractivity contribution in [3.8, 4) is 6.07 Å². The van der Waals surface area contributed by atoms with Crippen molar-refractivity contribution in [1.82, 2.24) is 9.80 Å². The topological polar surface area (TPSA) is 73.6 Å². The molecule has 1 aliphatic carbocycles. The monoisotopic (exact) mass is 343 g/mol. The van der Waals surface area contributed by atoms with Crippen molar-refractivity contribution in [3.63, 3.8) is 0 Å². The van der Waals surface area contributed by atoms with Crippen LogP contribution in [0, 0.1) is 11.3 Å². The van der Waals surface area contributed by atoms with Gasteiger partial charge in [-0.15, -0.1) is 0 Å². The highest BCUT2D eigenvalue weighted by Crippen LogP contribution is 2.40. The Morgan fingerprint density at radius 1 is 1.32 bits per heavy atom. The molecule has 0 heterocycles. The van der Waals surface area contributed by atoms with Crippen molar-refractivity contribution in [2.24, 2.45) is 0 Å². The van der Waals surface area contributed by atoms with Gasteiger partial charge in [0.05, 0.1) is 17.7 Å². The fourth-order valence-electron chi connectivity index (χ4n) is 3.20. The zero-order valence-corrected chi connectivity index (χ0v) is 15.5. The molecule has 1 aromatic rings. The highest BCUT2D eigenvalue weighted by molar-refractivity contribution is 5.80. The summed E-state index contributed by atoms with van der Waals surface area (Å²) < 4.78 is 5.27. The third kappa shape index (κ3) is 3.93. The Bertz CT molecular complexity index is 714. The molecule has 25 heavy (non-hydrogen) atoms. The van der Waals surface area contributed by atoms with Crippen molar-refractivity contribution in [1.29, 1.82) is 5.26 Å². The number of hydrogen-bond donors (Lipinski definition) is 0. The van der Waals surface area contributed by atoms with Crippen LogP contribution >= 0.6 is 0 Å². The first-order chi connectivity index (χ1) is 11.7. The van der Waals surface area contributed by atoms with Crippen LogP contribution in [0.4, 0.5) is 4.79 Å². The zero-order valence-electron chi connectivity index (χ0n) is 15.5. The molecule has 0 aromatic heterocycles. The van der Waals surface area contributed by atoms with Gasteiger partial charge in [0.25, 0.3) is 5.91 Å². The normalized spacial score (nSPS) is 15.9. The molecule has 1 atom stereocenters. The molecular formula is C19H25N3O3. The number of nitrogens with zero attached hydrogens (tertiary/aromatic N) is 3. The fraction of sp³-hybridized carbons (Fsp3) is 0.526. The number of benzene rings is 1.